The Morgan fingerprint density at radius 1 is 1.06 bits per heavy atom. The zero-order chi connectivity index (χ0) is 23.2. The van der Waals surface area contributed by atoms with E-state index in [1.165, 1.54) is 4.90 Å². The third-order valence-corrected chi connectivity index (χ3v) is 5.98. The number of rotatable bonds is 6. The van der Waals surface area contributed by atoms with Crippen LogP contribution in [-0.4, -0.2) is 89.3 Å². The molecule has 2 aliphatic heterocycles. The number of aromatic nitrogens is 2. The first-order valence-corrected chi connectivity index (χ1v) is 11.2. The van der Waals surface area contributed by atoms with Crippen LogP contribution in [0.3, 0.4) is 0 Å². The highest BCUT2D eigenvalue weighted by Gasteiger charge is 2.35. The van der Waals surface area contributed by atoms with Gasteiger partial charge in [0.1, 0.15) is 6.04 Å². The number of piperazine rings is 2. The molecule has 3 heterocycles. The van der Waals surface area contributed by atoms with Gasteiger partial charge in [-0.1, -0.05) is 11.6 Å². The number of benzene rings is 1. The van der Waals surface area contributed by atoms with Crippen LogP contribution in [0.1, 0.15) is 6.42 Å². The zero-order valence-electron chi connectivity index (χ0n) is 18.1. The number of carbonyl (C=O) groups is 3. The SMILES string of the molecule is O=C(C[C@@H]1C(=O)NCCN1C(=O)CN1CCN(c2ncccn2)CC1)Nc1ccc(Cl)cc1. The van der Waals surface area contributed by atoms with Crippen molar-refractivity contribution < 1.29 is 14.4 Å². The van der Waals surface area contributed by atoms with Crippen LogP contribution in [0, 0.1) is 0 Å². The highest BCUT2D eigenvalue weighted by molar-refractivity contribution is 6.30. The van der Waals surface area contributed by atoms with E-state index in [-0.39, 0.29) is 30.7 Å². The fraction of sp³-hybridized carbons (Fsp3) is 0.409. The molecule has 0 radical (unpaired) electrons. The minimum Gasteiger partial charge on any atom is -0.353 e. The first-order chi connectivity index (χ1) is 16.0. The van der Waals surface area contributed by atoms with Crippen LogP contribution in [0.15, 0.2) is 42.7 Å². The number of nitrogens with one attached hydrogen (secondary N) is 2. The number of carbonyl (C=O) groups excluding carboxylic acids is 3. The quantitative estimate of drug-likeness (QED) is 0.635. The minimum atomic E-state index is -0.836. The third-order valence-electron chi connectivity index (χ3n) is 5.72. The average Bonchev–Trinajstić information content (AvgIpc) is 2.83. The van der Waals surface area contributed by atoms with Gasteiger partial charge in [-0.3, -0.25) is 19.3 Å². The monoisotopic (exact) mass is 471 g/mol. The minimum absolute atomic E-state index is 0.112. The molecule has 11 heteroatoms. The lowest BCUT2D eigenvalue weighted by Gasteiger charge is -2.38. The van der Waals surface area contributed by atoms with Crippen molar-refractivity contribution in [3.63, 3.8) is 0 Å². The van der Waals surface area contributed by atoms with E-state index in [1.54, 1.807) is 42.7 Å². The molecule has 2 aliphatic rings. The molecule has 2 fully saturated rings. The summed E-state index contributed by atoms with van der Waals surface area (Å²) in [6, 6.07) is 7.65. The van der Waals surface area contributed by atoms with Crippen LogP contribution in [0.25, 0.3) is 0 Å². The van der Waals surface area contributed by atoms with Gasteiger partial charge < -0.3 is 20.4 Å². The largest absolute Gasteiger partial charge is 0.353 e. The molecule has 33 heavy (non-hydrogen) atoms. The maximum Gasteiger partial charge on any atom is 0.243 e. The summed E-state index contributed by atoms with van der Waals surface area (Å²) in [7, 11) is 0. The molecule has 0 spiro atoms. The van der Waals surface area contributed by atoms with Gasteiger partial charge in [0.15, 0.2) is 0 Å². The van der Waals surface area contributed by atoms with Crippen LogP contribution in [-0.2, 0) is 14.4 Å². The van der Waals surface area contributed by atoms with E-state index in [2.05, 4.69) is 30.4 Å². The van der Waals surface area contributed by atoms with E-state index < -0.39 is 6.04 Å². The van der Waals surface area contributed by atoms with Crippen molar-refractivity contribution >= 4 is 41.0 Å². The van der Waals surface area contributed by atoms with Crippen LogP contribution in [0.5, 0.6) is 0 Å². The van der Waals surface area contributed by atoms with Gasteiger partial charge in [-0.05, 0) is 30.3 Å². The van der Waals surface area contributed by atoms with Crippen molar-refractivity contribution in [1.82, 2.24) is 25.1 Å². The van der Waals surface area contributed by atoms with Crippen LogP contribution in [0.4, 0.5) is 11.6 Å². The maximum absolute atomic E-state index is 13.1. The molecule has 2 aromatic rings. The zero-order valence-corrected chi connectivity index (χ0v) is 18.9. The molecule has 4 rings (SSSR count). The molecule has 0 saturated carbocycles. The summed E-state index contributed by atoms with van der Waals surface area (Å²) in [6.45, 7) is 3.75. The van der Waals surface area contributed by atoms with Crippen LogP contribution in [0.2, 0.25) is 5.02 Å². The van der Waals surface area contributed by atoms with Crippen molar-refractivity contribution in [3.8, 4) is 0 Å². The van der Waals surface area contributed by atoms with Crippen molar-refractivity contribution in [2.24, 2.45) is 0 Å². The Hall–Kier alpha value is -3.24. The van der Waals surface area contributed by atoms with Gasteiger partial charge in [-0.25, -0.2) is 9.97 Å². The summed E-state index contributed by atoms with van der Waals surface area (Å²) in [5.41, 5.74) is 0.582. The van der Waals surface area contributed by atoms with E-state index in [0.717, 1.165) is 0 Å². The fourth-order valence-electron chi connectivity index (χ4n) is 3.98. The van der Waals surface area contributed by atoms with Gasteiger partial charge >= 0.3 is 0 Å². The Balaban J connectivity index is 1.32. The summed E-state index contributed by atoms with van der Waals surface area (Å²) >= 11 is 5.87. The Kier molecular flexibility index (Phi) is 7.36. The normalized spacial score (nSPS) is 19.2. The second-order valence-corrected chi connectivity index (χ2v) is 8.40. The van der Waals surface area contributed by atoms with Crippen molar-refractivity contribution in [3.05, 3.63) is 47.7 Å². The predicted octanol–water partition coefficient (Wildman–Crippen LogP) is 0.608. The number of hydrogen-bond acceptors (Lipinski definition) is 7. The molecule has 2 saturated heterocycles. The summed E-state index contributed by atoms with van der Waals surface area (Å²) < 4.78 is 0. The third kappa shape index (κ3) is 5.96. The Morgan fingerprint density at radius 3 is 2.45 bits per heavy atom. The summed E-state index contributed by atoms with van der Waals surface area (Å²) in [4.78, 5) is 52.3. The van der Waals surface area contributed by atoms with Crippen LogP contribution < -0.4 is 15.5 Å². The second-order valence-electron chi connectivity index (χ2n) is 7.97. The van der Waals surface area contributed by atoms with Crippen molar-refractivity contribution in [1.29, 1.82) is 0 Å². The van der Waals surface area contributed by atoms with E-state index in [4.69, 9.17) is 11.6 Å². The molecule has 0 aliphatic carbocycles. The van der Waals surface area contributed by atoms with Gasteiger partial charge in [0.25, 0.3) is 0 Å². The van der Waals surface area contributed by atoms with Crippen LogP contribution >= 0.6 is 11.6 Å². The molecule has 1 aromatic heterocycles. The summed E-state index contributed by atoms with van der Waals surface area (Å²) in [6.07, 6.45) is 3.31. The van der Waals surface area contributed by atoms with Crippen molar-refractivity contribution in [2.75, 3.05) is 56.0 Å². The molecular weight excluding hydrogens is 446 g/mol. The first-order valence-electron chi connectivity index (χ1n) is 10.9. The van der Waals surface area contributed by atoms with Gasteiger partial charge in [0.2, 0.25) is 23.7 Å². The first kappa shape index (κ1) is 22.9. The standard InChI is InChI=1S/C22H26ClN7O3/c23-16-2-4-17(5-3-16)27-19(31)14-18-21(33)24-8-9-30(18)20(32)15-28-10-12-29(13-11-28)22-25-6-1-7-26-22/h1-7,18H,8-15H2,(H,24,33)(H,27,31)/t18-/m1/s1. The lowest BCUT2D eigenvalue weighted by molar-refractivity contribution is -0.145. The van der Waals surface area contributed by atoms with E-state index in [0.29, 0.717) is 55.9 Å². The summed E-state index contributed by atoms with van der Waals surface area (Å²) in [5, 5.41) is 6.08. The number of amides is 3. The fourth-order valence-corrected chi connectivity index (χ4v) is 4.11. The highest BCUT2D eigenvalue weighted by Crippen LogP contribution is 2.16. The van der Waals surface area contributed by atoms with Gasteiger partial charge in [-0.15, -0.1) is 0 Å². The molecule has 0 bridgehead atoms. The van der Waals surface area contributed by atoms with Gasteiger partial charge in [-0.2, -0.15) is 0 Å². The van der Waals surface area contributed by atoms with Gasteiger partial charge in [0.05, 0.1) is 13.0 Å². The topological polar surface area (TPSA) is 111 Å². The molecule has 174 valence electrons. The Labute approximate surface area is 196 Å². The Bertz CT molecular complexity index is 981. The molecule has 10 nitrogen and oxygen atoms in total. The number of halogens is 1. The van der Waals surface area contributed by atoms with Crippen molar-refractivity contribution in [2.45, 2.75) is 12.5 Å². The predicted molar refractivity (Wildman–Crippen MR) is 124 cm³/mol. The number of nitrogens with zero attached hydrogens (tertiary/aromatic N) is 5. The number of hydrogen-bond donors (Lipinski definition) is 2. The molecular formula is C22H26ClN7O3. The maximum atomic E-state index is 13.1. The molecule has 0 unspecified atom stereocenters. The van der Waals surface area contributed by atoms with E-state index in [1.807, 2.05) is 0 Å². The smallest absolute Gasteiger partial charge is 0.243 e. The molecule has 3 amide bonds. The lowest BCUT2D eigenvalue weighted by atomic mass is 10.1. The molecule has 1 aromatic carbocycles. The van der Waals surface area contributed by atoms with Gasteiger partial charge in [0, 0.05) is 62.4 Å². The second kappa shape index (κ2) is 10.6. The highest BCUT2D eigenvalue weighted by atomic mass is 35.5. The molecule has 2 N–H and O–H groups in total. The number of anilines is 2. The molecule has 1 atom stereocenters. The summed E-state index contributed by atoms with van der Waals surface area (Å²) in [5.74, 6) is -0.123. The average molecular weight is 472 g/mol. The Morgan fingerprint density at radius 2 is 1.76 bits per heavy atom. The lowest BCUT2D eigenvalue weighted by Crippen LogP contribution is -2.60. The van der Waals surface area contributed by atoms with E-state index >= 15 is 0 Å². The van der Waals surface area contributed by atoms with E-state index in [9.17, 15) is 14.4 Å².